The van der Waals surface area contributed by atoms with Gasteiger partial charge >= 0.3 is 0 Å². The van der Waals surface area contributed by atoms with Crippen molar-refractivity contribution in [1.29, 1.82) is 0 Å². The lowest BCUT2D eigenvalue weighted by Gasteiger charge is -2.18. The molecule has 0 aliphatic rings. The highest BCUT2D eigenvalue weighted by Crippen LogP contribution is 2.24. The number of carbonyl (C=O) groups is 1. The number of anilines is 2. The first kappa shape index (κ1) is 19.5. The van der Waals surface area contributed by atoms with Crippen LogP contribution in [0.2, 0.25) is 0 Å². The molecule has 144 valence electrons. The molecule has 3 aromatic rings. The number of aromatic nitrogens is 2. The SMILES string of the molecule is Cc1cc(C(=O)Nc2ccccc2C(C)C)nc(N(C)Cc2ccccc2)n1. The number of carbonyl (C=O) groups excluding carboxylic acids is 1. The molecule has 0 aliphatic carbocycles. The van der Waals surface area contributed by atoms with Crippen molar-refractivity contribution in [3.8, 4) is 0 Å². The molecule has 0 fully saturated rings. The van der Waals surface area contributed by atoms with Gasteiger partial charge in [0.25, 0.3) is 5.91 Å². The average Bonchev–Trinajstić information content (AvgIpc) is 2.68. The molecule has 3 rings (SSSR count). The van der Waals surface area contributed by atoms with Crippen LogP contribution in [0.15, 0.2) is 60.7 Å². The standard InChI is InChI=1S/C23H26N4O/c1-16(2)19-12-8-9-13-20(19)25-22(28)21-14-17(3)24-23(26-21)27(4)15-18-10-6-5-7-11-18/h5-14,16H,15H2,1-4H3,(H,25,28). The van der Waals surface area contributed by atoms with Crippen LogP contribution in [0.5, 0.6) is 0 Å². The van der Waals surface area contributed by atoms with E-state index in [-0.39, 0.29) is 5.91 Å². The lowest BCUT2D eigenvalue weighted by molar-refractivity contribution is 0.102. The summed E-state index contributed by atoms with van der Waals surface area (Å²) in [6, 6.07) is 19.7. The molecule has 5 heteroatoms. The fourth-order valence-electron chi connectivity index (χ4n) is 3.07. The van der Waals surface area contributed by atoms with Gasteiger partial charge < -0.3 is 10.2 Å². The molecule has 1 aromatic heterocycles. The topological polar surface area (TPSA) is 58.1 Å². The molecule has 0 unspecified atom stereocenters. The summed E-state index contributed by atoms with van der Waals surface area (Å²) in [6.45, 7) is 6.76. The van der Waals surface area contributed by atoms with Crippen LogP contribution >= 0.6 is 0 Å². The number of amides is 1. The van der Waals surface area contributed by atoms with Crippen LogP contribution in [0.3, 0.4) is 0 Å². The summed E-state index contributed by atoms with van der Waals surface area (Å²) in [7, 11) is 1.93. The number of para-hydroxylation sites is 1. The second-order valence-corrected chi connectivity index (χ2v) is 7.23. The van der Waals surface area contributed by atoms with Crippen LogP contribution in [0.25, 0.3) is 0 Å². The van der Waals surface area contributed by atoms with Gasteiger partial charge in [0.2, 0.25) is 5.95 Å². The van der Waals surface area contributed by atoms with E-state index in [1.54, 1.807) is 6.07 Å². The molecule has 1 amide bonds. The van der Waals surface area contributed by atoms with Crippen molar-refractivity contribution < 1.29 is 4.79 Å². The van der Waals surface area contributed by atoms with Gasteiger partial charge in [0.05, 0.1) is 0 Å². The Labute approximate surface area is 166 Å². The van der Waals surface area contributed by atoms with Gasteiger partial charge in [0.15, 0.2) is 0 Å². The molecule has 2 aromatic carbocycles. The summed E-state index contributed by atoms with van der Waals surface area (Å²) in [5.41, 5.74) is 4.20. The number of rotatable bonds is 6. The number of benzene rings is 2. The minimum atomic E-state index is -0.229. The molecule has 0 saturated carbocycles. The van der Waals surface area contributed by atoms with Gasteiger partial charge in [-0.1, -0.05) is 62.4 Å². The predicted octanol–water partition coefficient (Wildman–Crippen LogP) is 4.80. The van der Waals surface area contributed by atoms with Crippen LogP contribution < -0.4 is 10.2 Å². The summed E-state index contributed by atoms with van der Waals surface area (Å²) in [5, 5.41) is 3.00. The first-order valence-electron chi connectivity index (χ1n) is 9.45. The van der Waals surface area contributed by atoms with Gasteiger partial charge in [-0.3, -0.25) is 4.79 Å². The van der Waals surface area contributed by atoms with Crippen LogP contribution in [-0.2, 0) is 6.54 Å². The Morgan fingerprint density at radius 2 is 1.71 bits per heavy atom. The van der Waals surface area contributed by atoms with Crippen molar-refractivity contribution in [3.05, 3.63) is 83.2 Å². The zero-order valence-corrected chi connectivity index (χ0v) is 16.8. The smallest absolute Gasteiger partial charge is 0.274 e. The van der Waals surface area contributed by atoms with Crippen molar-refractivity contribution in [2.75, 3.05) is 17.3 Å². The lowest BCUT2D eigenvalue weighted by atomic mass is 10.0. The maximum Gasteiger partial charge on any atom is 0.274 e. The Hall–Kier alpha value is -3.21. The third kappa shape index (κ3) is 4.74. The number of nitrogens with zero attached hydrogens (tertiary/aromatic N) is 3. The maximum atomic E-state index is 12.9. The second-order valence-electron chi connectivity index (χ2n) is 7.23. The number of hydrogen-bond donors (Lipinski definition) is 1. The molecule has 1 heterocycles. The number of hydrogen-bond acceptors (Lipinski definition) is 4. The summed E-state index contributed by atoms with van der Waals surface area (Å²) in [5.74, 6) is 0.621. The van der Waals surface area contributed by atoms with Crippen molar-refractivity contribution in [2.45, 2.75) is 33.2 Å². The van der Waals surface area contributed by atoms with Crippen LogP contribution in [0.4, 0.5) is 11.6 Å². The van der Waals surface area contributed by atoms with Gasteiger partial charge in [-0.2, -0.15) is 0 Å². The molecule has 28 heavy (non-hydrogen) atoms. The van der Waals surface area contributed by atoms with Crippen molar-refractivity contribution in [3.63, 3.8) is 0 Å². The summed E-state index contributed by atoms with van der Waals surface area (Å²) in [6.07, 6.45) is 0. The normalized spacial score (nSPS) is 10.8. The first-order valence-corrected chi connectivity index (χ1v) is 9.45. The minimum Gasteiger partial charge on any atom is -0.340 e. The van der Waals surface area contributed by atoms with E-state index in [0.29, 0.717) is 24.1 Å². The average molecular weight is 374 g/mol. The largest absolute Gasteiger partial charge is 0.340 e. The molecule has 0 aliphatic heterocycles. The van der Waals surface area contributed by atoms with Gasteiger partial charge in [-0.05, 0) is 36.1 Å². The highest BCUT2D eigenvalue weighted by atomic mass is 16.1. The fourth-order valence-corrected chi connectivity index (χ4v) is 3.07. The molecule has 5 nitrogen and oxygen atoms in total. The Morgan fingerprint density at radius 1 is 1.04 bits per heavy atom. The maximum absolute atomic E-state index is 12.9. The molecule has 0 radical (unpaired) electrons. The molecular formula is C23H26N4O. The first-order chi connectivity index (χ1) is 13.4. The zero-order valence-electron chi connectivity index (χ0n) is 16.8. The highest BCUT2D eigenvalue weighted by molar-refractivity contribution is 6.03. The van der Waals surface area contributed by atoms with E-state index in [4.69, 9.17) is 0 Å². The predicted molar refractivity (Wildman–Crippen MR) is 114 cm³/mol. The summed E-state index contributed by atoms with van der Waals surface area (Å²) in [4.78, 5) is 23.8. The Bertz CT molecular complexity index is 954. The van der Waals surface area contributed by atoms with E-state index in [1.165, 1.54) is 0 Å². The van der Waals surface area contributed by atoms with E-state index >= 15 is 0 Å². The van der Waals surface area contributed by atoms with E-state index in [2.05, 4.69) is 41.3 Å². The lowest BCUT2D eigenvalue weighted by Crippen LogP contribution is -2.22. The fraction of sp³-hybridized carbons (Fsp3) is 0.261. The molecule has 0 atom stereocenters. The van der Waals surface area contributed by atoms with E-state index in [9.17, 15) is 4.79 Å². The Balaban J connectivity index is 1.82. The van der Waals surface area contributed by atoms with E-state index < -0.39 is 0 Å². The monoisotopic (exact) mass is 374 g/mol. The second kappa shape index (κ2) is 8.65. The molecule has 0 spiro atoms. The third-order valence-electron chi connectivity index (χ3n) is 4.51. The van der Waals surface area contributed by atoms with Gasteiger partial charge in [-0.15, -0.1) is 0 Å². The molecular weight excluding hydrogens is 348 g/mol. The van der Waals surface area contributed by atoms with Crippen LogP contribution in [0.1, 0.15) is 47.1 Å². The zero-order chi connectivity index (χ0) is 20.1. The van der Waals surface area contributed by atoms with E-state index in [0.717, 1.165) is 22.5 Å². The van der Waals surface area contributed by atoms with Gasteiger partial charge in [0, 0.05) is 25.0 Å². The van der Waals surface area contributed by atoms with Gasteiger partial charge in [0.1, 0.15) is 5.69 Å². The van der Waals surface area contributed by atoms with Crippen molar-refractivity contribution in [1.82, 2.24) is 9.97 Å². The quantitative estimate of drug-likeness (QED) is 0.673. The van der Waals surface area contributed by atoms with E-state index in [1.807, 2.05) is 61.3 Å². The molecule has 1 N–H and O–H groups in total. The molecule has 0 saturated heterocycles. The number of aryl methyl sites for hydroxylation is 1. The van der Waals surface area contributed by atoms with Crippen LogP contribution in [0, 0.1) is 6.92 Å². The van der Waals surface area contributed by atoms with Crippen molar-refractivity contribution in [2.24, 2.45) is 0 Å². The molecule has 0 bridgehead atoms. The Kier molecular flexibility index (Phi) is 6.04. The summed E-state index contributed by atoms with van der Waals surface area (Å²) >= 11 is 0. The Morgan fingerprint density at radius 3 is 2.43 bits per heavy atom. The third-order valence-corrected chi connectivity index (χ3v) is 4.51. The minimum absolute atomic E-state index is 0.229. The van der Waals surface area contributed by atoms with Gasteiger partial charge in [-0.25, -0.2) is 9.97 Å². The van der Waals surface area contributed by atoms with Crippen molar-refractivity contribution >= 4 is 17.5 Å². The highest BCUT2D eigenvalue weighted by Gasteiger charge is 2.15. The number of nitrogens with one attached hydrogen (secondary N) is 1. The summed E-state index contributed by atoms with van der Waals surface area (Å²) < 4.78 is 0. The van der Waals surface area contributed by atoms with Crippen LogP contribution in [-0.4, -0.2) is 22.9 Å².